The number of rotatable bonds is 4. The molecule has 0 N–H and O–H groups in total. The third-order valence-electron chi connectivity index (χ3n) is 4.94. The number of amides is 1. The second-order valence-corrected chi connectivity index (χ2v) is 6.77. The number of aliphatic imine (C=N–C) groups is 2. The van der Waals surface area contributed by atoms with Gasteiger partial charge in [-0.25, -0.2) is 9.38 Å². The van der Waals surface area contributed by atoms with Crippen molar-refractivity contribution in [2.24, 2.45) is 9.98 Å². The molecule has 2 aliphatic heterocycles. The molecule has 0 fully saturated rings. The predicted octanol–water partition coefficient (Wildman–Crippen LogP) is 2.64. The lowest BCUT2D eigenvalue weighted by atomic mass is 10.0. The van der Waals surface area contributed by atoms with E-state index in [0.29, 0.717) is 25.2 Å². The van der Waals surface area contributed by atoms with E-state index in [4.69, 9.17) is 0 Å². The van der Waals surface area contributed by atoms with Crippen LogP contribution in [0.2, 0.25) is 0 Å². The number of benzene rings is 1. The number of fused-ring (bicyclic) bond motifs is 1. The smallest absolute Gasteiger partial charge is 0.254 e. The number of carbonyl (C=O) groups excluding carboxylic acids is 1. The summed E-state index contributed by atoms with van der Waals surface area (Å²) in [6, 6.07) is 5.52. The van der Waals surface area contributed by atoms with Gasteiger partial charge in [0.1, 0.15) is 17.4 Å². The summed E-state index contributed by atoms with van der Waals surface area (Å²) in [4.78, 5) is 23.6. The summed E-state index contributed by atoms with van der Waals surface area (Å²) in [6.07, 6.45) is 1.69. The van der Waals surface area contributed by atoms with E-state index in [1.165, 1.54) is 24.3 Å². The number of amidine groups is 1. The van der Waals surface area contributed by atoms with Crippen LogP contribution >= 0.6 is 0 Å². The fourth-order valence-corrected chi connectivity index (χ4v) is 3.63. The van der Waals surface area contributed by atoms with Crippen molar-refractivity contribution >= 4 is 17.5 Å². The standard InChI is InChI=1S/C19H21FN6O/c1-3-4-16-18-24-23-17(15-11-21-12(2)22-15)26(18)10-9-25(16)19(27)13-5-7-14(20)8-6-13/h5-8,16H,3-4,9-11H2,1-2H3/t16-/m1/s1. The van der Waals surface area contributed by atoms with Gasteiger partial charge in [-0.05, 0) is 37.6 Å². The van der Waals surface area contributed by atoms with Gasteiger partial charge in [0, 0.05) is 18.7 Å². The SMILES string of the molecule is CCC[C@@H]1c2nnc(C3=NC(C)=NC3)n2CCN1C(=O)c1ccc(F)cc1. The number of hydrogen-bond acceptors (Lipinski definition) is 5. The Balaban J connectivity index is 1.66. The normalized spacial score (nSPS) is 18.9. The minimum absolute atomic E-state index is 0.110. The van der Waals surface area contributed by atoms with Gasteiger partial charge in [-0.15, -0.1) is 10.2 Å². The summed E-state index contributed by atoms with van der Waals surface area (Å²) in [5.74, 6) is 1.80. The molecular formula is C19H21FN6O. The van der Waals surface area contributed by atoms with Gasteiger partial charge in [0.2, 0.25) is 0 Å². The Morgan fingerprint density at radius 2 is 2.00 bits per heavy atom. The minimum atomic E-state index is -0.352. The van der Waals surface area contributed by atoms with Gasteiger partial charge in [-0.1, -0.05) is 13.3 Å². The molecule has 1 amide bonds. The van der Waals surface area contributed by atoms with E-state index in [2.05, 4.69) is 31.7 Å². The lowest BCUT2D eigenvalue weighted by molar-refractivity contribution is 0.0603. The first-order chi connectivity index (χ1) is 13.1. The molecule has 0 saturated carbocycles. The Bertz CT molecular complexity index is 930. The van der Waals surface area contributed by atoms with Crippen LogP contribution in [0.3, 0.4) is 0 Å². The maximum Gasteiger partial charge on any atom is 0.254 e. The summed E-state index contributed by atoms with van der Waals surface area (Å²) in [5.41, 5.74) is 1.30. The molecule has 0 aliphatic carbocycles. The zero-order chi connectivity index (χ0) is 19.0. The van der Waals surface area contributed by atoms with E-state index in [-0.39, 0.29) is 17.8 Å². The Kier molecular flexibility index (Phi) is 4.55. The highest BCUT2D eigenvalue weighted by molar-refractivity contribution is 6.10. The van der Waals surface area contributed by atoms with Gasteiger partial charge < -0.3 is 9.47 Å². The van der Waals surface area contributed by atoms with Crippen molar-refractivity contribution in [1.29, 1.82) is 0 Å². The quantitative estimate of drug-likeness (QED) is 0.832. The first-order valence-electron chi connectivity index (χ1n) is 9.17. The molecule has 1 aromatic heterocycles. The van der Waals surface area contributed by atoms with E-state index >= 15 is 0 Å². The van der Waals surface area contributed by atoms with E-state index < -0.39 is 0 Å². The topological polar surface area (TPSA) is 75.7 Å². The lowest BCUT2D eigenvalue weighted by Crippen LogP contribution is -2.43. The Labute approximate surface area is 156 Å². The zero-order valence-corrected chi connectivity index (χ0v) is 15.4. The van der Waals surface area contributed by atoms with E-state index in [9.17, 15) is 9.18 Å². The molecule has 0 spiro atoms. The van der Waals surface area contributed by atoms with Crippen LogP contribution in [0.25, 0.3) is 0 Å². The van der Waals surface area contributed by atoms with Crippen molar-refractivity contribution in [1.82, 2.24) is 19.7 Å². The molecule has 1 atom stereocenters. The molecule has 0 bridgehead atoms. The van der Waals surface area contributed by atoms with Crippen LogP contribution < -0.4 is 0 Å². The Hall–Kier alpha value is -2.90. The van der Waals surface area contributed by atoms with E-state index in [1.807, 2.05) is 11.8 Å². The van der Waals surface area contributed by atoms with Crippen molar-refractivity contribution in [3.8, 4) is 0 Å². The van der Waals surface area contributed by atoms with Gasteiger partial charge in [0.25, 0.3) is 5.91 Å². The first kappa shape index (κ1) is 17.5. The lowest BCUT2D eigenvalue weighted by Gasteiger charge is -2.36. The molecule has 0 saturated heterocycles. The highest BCUT2D eigenvalue weighted by Gasteiger charge is 2.35. The number of nitrogens with zero attached hydrogens (tertiary/aromatic N) is 6. The third kappa shape index (κ3) is 3.15. The summed E-state index contributed by atoms with van der Waals surface area (Å²) in [6.45, 7) is 5.61. The average Bonchev–Trinajstić information content (AvgIpc) is 3.28. The summed E-state index contributed by atoms with van der Waals surface area (Å²) in [7, 11) is 0. The van der Waals surface area contributed by atoms with E-state index in [1.54, 1.807) is 0 Å². The summed E-state index contributed by atoms with van der Waals surface area (Å²) in [5, 5.41) is 8.74. The van der Waals surface area contributed by atoms with Crippen molar-refractivity contribution in [2.75, 3.05) is 13.1 Å². The second-order valence-electron chi connectivity index (χ2n) is 6.77. The van der Waals surface area contributed by atoms with Crippen molar-refractivity contribution < 1.29 is 9.18 Å². The third-order valence-corrected chi connectivity index (χ3v) is 4.94. The summed E-state index contributed by atoms with van der Waals surface area (Å²) < 4.78 is 15.3. The van der Waals surface area contributed by atoms with Crippen LogP contribution in [-0.2, 0) is 6.54 Å². The molecule has 2 aliphatic rings. The molecule has 27 heavy (non-hydrogen) atoms. The van der Waals surface area contributed by atoms with Gasteiger partial charge in [0.15, 0.2) is 11.6 Å². The fraction of sp³-hybridized carbons (Fsp3) is 0.421. The van der Waals surface area contributed by atoms with Gasteiger partial charge in [-0.3, -0.25) is 9.79 Å². The Morgan fingerprint density at radius 1 is 1.22 bits per heavy atom. The number of aromatic nitrogens is 3. The van der Waals surface area contributed by atoms with Crippen molar-refractivity contribution in [3.05, 3.63) is 47.3 Å². The maximum absolute atomic E-state index is 13.2. The largest absolute Gasteiger partial charge is 0.327 e. The predicted molar refractivity (Wildman–Crippen MR) is 99.6 cm³/mol. The maximum atomic E-state index is 13.2. The highest BCUT2D eigenvalue weighted by Crippen LogP contribution is 2.30. The average molecular weight is 368 g/mol. The van der Waals surface area contributed by atoms with Crippen LogP contribution in [0.5, 0.6) is 0 Å². The molecule has 1 aromatic carbocycles. The van der Waals surface area contributed by atoms with Gasteiger partial charge >= 0.3 is 0 Å². The molecule has 7 nitrogen and oxygen atoms in total. The molecule has 140 valence electrons. The van der Waals surface area contributed by atoms with Gasteiger partial charge in [-0.2, -0.15) is 0 Å². The van der Waals surface area contributed by atoms with Crippen LogP contribution in [0, 0.1) is 5.82 Å². The number of halogens is 1. The number of carbonyl (C=O) groups is 1. The molecule has 0 unspecified atom stereocenters. The highest BCUT2D eigenvalue weighted by atomic mass is 19.1. The monoisotopic (exact) mass is 368 g/mol. The van der Waals surface area contributed by atoms with Crippen LogP contribution in [0.4, 0.5) is 4.39 Å². The summed E-state index contributed by atoms with van der Waals surface area (Å²) >= 11 is 0. The molecule has 3 heterocycles. The van der Waals surface area contributed by atoms with Crippen LogP contribution in [-0.4, -0.2) is 50.2 Å². The molecule has 0 radical (unpaired) electrons. The van der Waals surface area contributed by atoms with E-state index in [0.717, 1.165) is 36.0 Å². The van der Waals surface area contributed by atoms with Crippen molar-refractivity contribution in [3.63, 3.8) is 0 Å². The molecular weight excluding hydrogens is 347 g/mol. The fourth-order valence-electron chi connectivity index (χ4n) is 3.63. The van der Waals surface area contributed by atoms with Crippen molar-refractivity contribution in [2.45, 2.75) is 39.3 Å². The van der Waals surface area contributed by atoms with Crippen LogP contribution in [0.1, 0.15) is 54.7 Å². The van der Waals surface area contributed by atoms with Crippen LogP contribution in [0.15, 0.2) is 34.3 Å². The second kappa shape index (κ2) is 7.02. The zero-order valence-electron chi connectivity index (χ0n) is 15.4. The molecule has 4 rings (SSSR count). The first-order valence-corrected chi connectivity index (χ1v) is 9.17. The Morgan fingerprint density at radius 3 is 2.67 bits per heavy atom. The molecule has 8 heteroatoms. The minimum Gasteiger partial charge on any atom is -0.327 e. The number of hydrogen-bond donors (Lipinski definition) is 0. The molecule has 2 aromatic rings. The van der Waals surface area contributed by atoms with Gasteiger partial charge in [0.05, 0.1) is 12.6 Å².